The minimum Gasteiger partial charge on any atom is -0.481 e. The Hall–Kier alpha value is -7.92. The van der Waals surface area contributed by atoms with Crippen LogP contribution in [0.5, 0.6) is 0 Å². The Morgan fingerprint density at radius 3 is 1.51 bits per heavy atom. The van der Waals surface area contributed by atoms with Gasteiger partial charge >= 0.3 is 29.3 Å². The monoisotopic (exact) mass is 1050 g/mol. The van der Waals surface area contributed by atoms with Gasteiger partial charge in [0.2, 0.25) is 0 Å². The number of carbonyl (C=O) groups excluding carboxylic acids is 1. The zero-order valence-corrected chi connectivity index (χ0v) is 43.2. The minimum atomic E-state index is -0.765. The highest BCUT2D eigenvalue weighted by atomic mass is 19.1. The lowest BCUT2D eigenvalue weighted by Crippen LogP contribution is -2.38. The van der Waals surface area contributed by atoms with E-state index in [1.165, 1.54) is 12.1 Å². The molecule has 0 saturated carbocycles. The van der Waals surface area contributed by atoms with Gasteiger partial charge in [-0.1, -0.05) is 12.1 Å². The van der Waals surface area contributed by atoms with Gasteiger partial charge in [0.05, 0.1) is 40.3 Å². The molecule has 9 rings (SSSR count). The number of aryl methyl sites for hydroxylation is 2. The number of halogens is 1. The SMILES string of the molecule is Cc1cc2nc3c(=O)[nH]c(=O)nc-3n(CCN3CCC(C(=O)O)CC3)c2cc1NCCC(=O)OC(C)(C)C.Cc1cc2nc3c(=O)[nH]c(=O)nc-3n(CCN3CCC(C(=O)O)CC3)c2cc1NCCc1ccc(F)cc1. The summed E-state index contributed by atoms with van der Waals surface area (Å²) in [5, 5.41) is 25.3. The second-order valence-corrected chi connectivity index (χ2v) is 20.4. The first kappa shape index (κ1) is 54.3. The van der Waals surface area contributed by atoms with Crippen LogP contribution < -0.4 is 33.1 Å². The van der Waals surface area contributed by atoms with E-state index in [9.17, 15) is 48.2 Å². The van der Waals surface area contributed by atoms with Crippen molar-refractivity contribution in [3.63, 3.8) is 0 Å². The van der Waals surface area contributed by atoms with Crippen LogP contribution in [0.25, 0.3) is 45.1 Å². The van der Waals surface area contributed by atoms with Crippen LogP contribution in [0.15, 0.2) is 67.7 Å². The summed E-state index contributed by atoms with van der Waals surface area (Å²) >= 11 is 0. The van der Waals surface area contributed by atoms with Crippen LogP contribution in [0.1, 0.15) is 69.6 Å². The largest absolute Gasteiger partial charge is 0.481 e. The second-order valence-electron chi connectivity index (χ2n) is 20.4. The number of aliphatic carboxylic acids is 2. The number of esters is 1. The van der Waals surface area contributed by atoms with Crippen molar-refractivity contribution in [3.05, 3.63) is 113 Å². The topological polar surface area (TPSA) is 293 Å². The first-order valence-corrected chi connectivity index (χ1v) is 25.4. The molecule has 3 aromatic rings. The Labute approximate surface area is 435 Å². The van der Waals surface area contributed by atoms with Gasteiger partial charge in [0.25, 0.3) is 11.1 Å². The van der Waals surface area contributed by atoms with Crippen molar-refractivity contribution in [2.75, 3.05) is 63.0 Å². The van der Waals surface area contributed by atoms with Crippen molar-refractivity contribution in [1.29, 1.82) is 0 Å². The fraction of sp³-hybridized carbons (Fsp3) is 0.453. The lowest BCUT2D eigenvalue weighted by molar-refractivity contribution is -0.154. The van der Waals surface area contributed by atoms with Crippen LogP contribution in [0.4, 0.5) is 15.8 Å². The summed E-state index contributed by atoms with van der Waals surface area (Å²) in [4.78, 5) is 110. The zero-order valence-electron chi connectivity index (χ0n) is 43.2. The average Bonchev–Trinajstić information content (AvgIpc) is 3.36. The number of hydrogen-bond donors (Lipinski definition) is 6. The molecule has 6 N–H and O–H groups in total. The average molecular weight is 1050 g/mol. The maximum atomic E-state index is 13.2. The van der Waals surface area contributed by atoms with Crippen molar-refractivity contribution in [1.82, 2.24) is 48.8 Å². The van der Waals surface area contributed by atoms with Gasteiger partial charge in [0.1, 0.15) is 11.4 Å². The molecule has 76 heavy (non-hydrogen) atoms. The third-order valence-corrected chi connectivity index (χ3v) is 13.8. The molecular formula is C53H63FN12O10. The quantitative estimate of drug-likeness (QED) is 0.0580. The molecule has 22 nitrogen and oxygen atoms in total. The Kier molecular flexibility index (Phi) is 16.7. The van der Waals surface area contributed by atoms with E-state index >= 15 is 0 Å². The Bertz CT molecular complexity index is 3440. The molecule has 0 aromatic heterocycles. The van der Waals surface area contributed by atoms with E-state index in [1.807, 2.05) is 68.0 Å². The maximum absolute atomic E-state index is 13.2. The molecule has 6 aliphatic rings. The lowest BCUT2D eigenvalue weighted by Gasteiger charge is -2.30. The fourth-order valence-corrected chi connectivity index (χ4v) is 9.70. The van der Waals surface area contributed by atoms with Gasteiger partial charge < -0.3 is 44.5 Å². The molecular weight excluding hydrogens is 984 g/mol. The standard InChI is InChI=1S/C27H29FN6O4.C26H34N6O6/c1-16-14-21-22(15-20(16)29-9-6-17-2-4-19(28)5-3-17)34(24-23(30-21)25(35)32-27(38)31-24)13-12-33-10-7-18(8-11-33)26(36)37;1-15-13-18-19(14-17(15)27-8-5-20(33)38-26(2,3)4)32(22-21(28-18)23(34)30-25(37)29-22)12-11-31-9-6-16(7-10-31)24(35)36/h2-5,14-15,18,29H,6-13H2,1H3,(H,36,37)(H,32,35,38);13-14,16,27H,5-12H2,1-4H3,(H,35,36)(H,30,34,37). The molecule has 0 unspecified atom stereocenters. The molecule has 2 fully saturated rings. The first-order valence-electron chi connectivity index (χ1n) is 25.4. The molecule has 6 heterocycles. The number of rotatable bonds is 16. The first-order chi connectivity index (χ1) is 36.2. The number of aromatic nitrogens is 8. The summed E-state index contributed by atoms with van der Waals surface area (Å²) in [5.74, 6) is -2.34. The third kappa shape index (κ3) is 13.3. The molecule has 23 heteroatoms. The predicted octanol–water partition coefficient (Wildman–Crippen LogP) is 4.32. The van der Waals surface area contributed by atoms with Crippen molar-refractivity contribution < 1.29 is 33.7 Å². The smallest absolute Gasteiger partial charge is 0.349 e. The molecule has 0 amide bonds. The number of anilines is 2. The number of H-pyrrole nitrogens is 2. The molecule has 0 aliphatic carbocycles. The molecule has 6 aliphatic heterocycles. The van der Waals surface area contributed by atoms with Crippen LogP contribution in [0, 0.1) is 31.5 Å². The van der Waals surface area contributed by atoms with Gasteiger partial charge in [-0.3, -0.25) is 33.9 Å². The van der Waals surface area contributed by atoms with Gasteiger partial charge in [-0.15, -0.1) is 0 Å². The third-order valence-electron chi connectivity index (χ3n) is 13.8. The number of likely N-dealkylation sites (tertiary alicyclic amines) is 2. The number of ether oxygens (including phenoxy) is 1. The van der Waals surface area contributed by atoms with E-state index in [2.05, 4.69) is 50.3 Å². The molecule has 3 aromatic carbocycles. The normalized spacial score (nSPS) is 15.0. The van der Waals surface area contributed by atoms with Gasteiger partial charge in [-0.05, 0) is 146 Å². The number of nitrogens with one attached hydrogen (secondary N) is 4. The molecule has 0 atom stereocenters. The number of carboxylic acid groups (broad SMARTS) is 2. The number of benzene rings is 3. The second kappa shape index (κ2) is 23.3. The number of carbonyl (C=O) groups is 3. The summed E-state index contributed by atoms with van der Waals surface area (Å²) in [6, 6.07) is 14.0. The van der Waals surface area contributed by atoms with Crippen LogP contribution in [-0.2, 0) is 38.6 Å². The van der Waals surface area contributed by atoms with Crippen molar-refractivity contribution in [3.8, 4) is 23.0 Å². The van der Waals surface area contributed by atoms with Crippen molar-refractivity contribution in [2.45, 2.75) is 91.8 Å². The number of hydrogen-bond acceptors (Lipinski definition) is 16. The maximum Gasteiger partial charge on any atom is 0.349 e. The van der Waals surface area contributed by atoms with Gasteiger partial charge in [-0.25, -0.2) is 23.9 Å². The molecule has 2 saturated heterocycles. The molecule has 402 valence electrons. The highest BCUT2D eigenvalue weighted by molar-refractivity contribution is 5.86. The highest BCUT2D eigenvalue weighted by Gasteiger charge is 2.28. The van der Waals surface area contributed by atoms with Gasteiger partial charge in [0, 0.05) is 50.6 Å². The summed E-state index contributed by atoms with van der Waals surface area (Å²) in [5.41, 5.74) is 4.03. The number of piperidine rings is 2. The van der Waals surface area contributed by atoms with E-state index < -0.39 is 40.0 Å². The number of nitrogens with zero attached hydrogens (tertiary/aromatic N) is 8. The van der Waals surface area contributed by atoms with Crippen molar-refractivity contribution >= 4 is 51.3 Å². The van der Waals surface area contributed by atoms with E-state index in [-0.39, 0.29) is 53.1 Å². The summed E-state index contributed by atoms with van der Waals surface area (Å²) in [6.07, 6.45) is 3.21. The number of aromatic amines is 2. The van der Waals surface area contributed by atoms with Gasteiger partial charge in [-0.2, -0.15) is 9.97 Å². The Balaban J connectivity index is 0.000000201. The van der Waals surface area contributed by atoms with E-state index in [0.717, 1.165) is 33.6 Å². The summed E-state index contributed by atoms with van der Waals surface area (Å²) < 4.78 is 22.2. The molecule has 0 radical (unpaired) electrons. The predicted molar refractivity (Wildman–Crippen MR) is 283 cm³/mol. The molecule has 0 bridgehead atoms. The Morgan fingerprint density at radius 1 is 0.658 bits per heavy atom. The van der Waals surface area contributed by atoms with E-state index in [4.69, 9.17) is 4.74 Å². The van der Waals surface area contributed by atoms with E-state index in [1.54, 1.807) is 12.1 Å². The van der Waals surface area contributed by atoms with Crippen LogP contribution in [0.3, 0.4) is 0 Å². The summed E-state index contributed by atoms with van der Waals surface area (Å²) in [6.45, 7) is 15.0. The van der Waals surface area contributed by atoms with Crippen molar-refractivity contribution in [2.24, 2.45) is 11.8 Å². The lowest BCUT2D eigenvalue weighted by atomic mass is 9.97. The van der Waals surface area contributed by atoms with Gasteiger partial charge in [0.15, 0.2) is 23.0 Å². The Morgan fingerprint density at radius 2 is 1.09 bits per heavy atom. The minimum absolute atomic E-state index is 0.0757. The zero-order chi connectivity index (χ0) is 54.4. The van der Waals surface area contributed by atoms with Crippen LogP contribution in [0.2, 0.25) is 0 Å². The number of fused-ring (bicyclic) bond motifs is 4. The summed E-state index contributed by atoms with van der Waals surface area (Å²) in [7, 11) is 0. The fourth-order valence-electron chi connectivity index (χ4n) is 9.70. The number of carboxylic acids is 2. The van der Waals surface area contributed by atoms with Crippen LogP contribution >= 0.6 is 0 Å². The van der Waals surface area contributed by atoms with Crippen LogP contribution in [-0.4, -0.2) is 135 Å². The van der Waals surface area contributed by atoms with E-state index in [0.29, 0.717) is 114 Å². The highest BCUT2D eigenvalue weighted by Crippen LogP contribution is 2.29. The molecule has 0 spiro atoms.